The van der Waals surface area contributed by atoms with Gasteiger partial charge >= 0.3 is 0 Å². The third-order valence-electron chi connectivity index (χ3n) is 7.32. The third kappa shape index (κ3) is 2.46. The fourth-order valence-electron chi connectivity index (χ4n) is 6.15. The quantitative estimate of drug-likeness (QED) is 0.786. The average Bonchev–Trinajstić information content (AvgIpc) is 2.95. The van der Waals surface area contributed by atoms with Crippen molar-refractivity contribution in [2.45, 2.75) is 63.1 Å². The Hall–Kier alpha value is -0.380. The molecule has 124 valence electrons. The largest absolute Gasteiger partial charge is 0.396 e. The van der Waals surface area contributed by atoms with E-state index in [9.17, 15) is 5.11 Å². The molecule has 4 fully saturated rings. The van der Waals surface area contributed by atoms with Crippen LogP contribution in [-0.4, -0.2) is 47.8 Å². The number of aliphatic hydroxyl groups is 1. The highest BCUT2D eigenvalue weighted by atomic mass is 16.3. The Labute approximate surface area is 135 Å². The molecule has 4 aliphatic rings. The molecule has 3 heteroatoms. The van der Waals surface area contributed by atoms with Gasteiger partial charge in [0.1, 0.15) is 0 Å². The Balaban J connectivity index is 1.50. The van der Waals surface area contributed by atoms with Gasteiger partial charge in [-0.1, -0.05) is 18.9 Å². The molecule has 1 aliphatic carbocycles. The molecule has 0 radical (unpaired) electrons. The van der Waals surface area contributed by atoms with Crippen LogP contribution < -0.4 is 5.32 Å². The number of aliphatic hydroxyl groups excluding tert-OH is 1. The van der Waals surface area contributed by atoms with Crippen molar-refractivity contribution in [3.63, 3.8) is 0 Å². The zero-order valence-electron chi connectivity index (χ0n) is 13.8. The van der Waals surface area contributed by atoms with Gasteiger partial charge in [0, 0.05) is 30.7 Å². The molecule has 1 saturated carbocycles. The maximum absolute atomic E-state index is 9.63. The van der Waals surface area contributed by atoms with Crippen LogP contribution in [0, 0.1) is 23.7 Å². The lowest BCUT2D eigenvalue weighted by molar-refractivity contribution is 0.0155. The fraction of sp³-hybridized carbons (Fsp3) is 0.895. The van der Waals surface area contributed by atoms with E-state index in [4.69, 9.17) is 0 Å². The van der Waals surface area contributed by atoms with Gasteiger partial charge < -0.3 is 10.4 Å². The summed E-state index contributed by atoms with van der Waals surface area (Å²) in [4.78, 5) is 2.75. The Morgan fingerprint density at radius 2 is 1.95 bits per heavy atom. The summed E-state index contributed by atoms with van der Waals surface area (Å²) in [5.41, 5.74) is 0. The van der Waals surface area contributed by atoms with Crippen LogP contribution in [0.2, 0.25) is 0 Å². The molecule has 0 amide bonds. The summed E-state index contributed by atoms with van der Waals surface area (Å²) in [5, 5.41) is 13.7. The van der Waals surface area contributed by atoms with E-state index in [1.54, 1.807) is 0 Å². The number of piperidine rings is 2. The van der Waals surface area contributed by atoms with Crippen molar-refractivity contribution >= 4 is 0 Å². The first-order valence-electron chi connectivity index (χ1n) is 9.55. The van der Waals surface area contributed by atoms with Crippen LogP contribution in [0.3, 0.4) is 0 Å². The van der Waals surface area contributed by atoms with Gasteiger partial charge in [0.15, 0.2) is 0 Å². The molecule has 0 aromatic heterocycles. The predicted octanol–water partition coefficient (Wildman–Crippen LogP) is 2.41. The van der Waals surface area contributed by atoms with Crippen LogP contribution in [-0.2, 0) is 0 Å². The second-order valence-electron chi connectivity index (χ2n) is 8.17. The molecular formula is C19H32N2O. The van der Waals surface area contributed by atoms with Gasteiger partial charge in [-0.3, -0.25) is 4.90 Å². The van der Waals surface area contributed by atoms with Gasteiger partial charge in [-0.05, 0) is 62.9 Å². The lowest BCUT2D eigenvalue weighted by Gasteiger charge is -2.49. The highest BCUT2D eigenvalue weighted by Crippen LogP contribution is 2.46. The maximum atomic E-state index is 9.63. The van der Waals surface area contributed by atoms with Gasteiger partial charge in [0.2, 0.25) is 0 Å². The number of nitrogens with one attached hydrogen (secondary N) is 1. The topological polar surface area (TPSA) is 35.5 Å². The van der Waals surface area contributed by atoms with Crippen molar-refractivity contribution in [1.82, 2.24) is 10.2 Å². The van der Waals surface area contributed by atoms with E-state index in [1.807, 2.05) is 6.08 Å². The van der Waals surface area contributed by atoms with Crippen LogP contribution in [0.5, 0.6) is 0 Å². The number of nitrogens with zero attached hydrogens (tertiary/aromatic N) is 1. The molecule has 0 spiro atoms. The highest BCUT2D eigenvalue weighted by Gasteiger charge is 2.51. The molecule has 4 rings (SSSR count). The fourth-order valence-corrected chi connectivity index (χ4v) is 6.15. The number of hydrogen-bond donors (Lipinski definition) is 2. The molecule has 0 aromatic carbocycles. The molecule has 3 heterocycles. The number of fused-ring (bicyclic) bond motifs is 5. The van der Waals surface area contributed by atoms with E-state index in [0.717, 1.165) is 17.9 Å². The molecule has 3 saturated heterocycles. The summed E-state index contributed by atoms with van der Waals surface area (Å²) in [6.07, 6.45) is 11.6. The van der Waals surface area contributed by atoms with Crippen molar-refractivity contribution in [2.24, 2.45) is 23.7 Å². The van der Waals surface area contributed by atoms with Crippen molar-refractivity contribution in [1.29, 1.82) is 0 Å². The second-order valence-corrected chi connectivity index (χ2v) is 8.17. The lowest BCUT2D eigenvalue weighted by atomic mass is 9.70. The van der Waals surface area contributed by atoms with Crippen molar-refractivity contribution in [3.8, 4) is 0 Å². The molecule has 0 aromatic rings. The van der Waals surface area contributed by atoms with E-state index in [2.05, 4.69) is 16.8 Å². The van der Waals surface area contributed by atoms with Crippen molar-refractivity contribution < 1.29 is 5.11 Å². The first-order chi connectivity index (χ1) is 10.8. The average molecular weight is 304 g/mol. The normalized spacial score (nSPS) is 46.4. The molecule has 2 N–H and O–H groups in total. The summed E-state index contributed by atoms with van der Waals surface area (Å²) in [6.45, 7) is 6.75. The predicted molar refractivity (Wildman–Crippen MR) is 89.6 cm³/mol. The third-order valence-corrected chi connectivity index (χ3v) is 7.32. The molecule has 22 heavy (non-hydrogen) atoms. The van der Waals surface area contributed by atoms with E-state index in [-0.39, 0.29) is 6.61 Å². The van der Waals surface area contributed by atoms with Crippen molar-refractivity contribution in [3.05, 3.63) is 12.7 Å². The lowest BCUT2D eigenvalue weighted by Crippen LogP contribution is -2.59. The SMILES string of the molecule is C=C[C@@H](CO)[C@H]1CCN2CCC3C4CCCCC4NC3C2C1. The minimum absolute atomic E-state index is 0.271. The van der Waals surface area contributed by atoms with Gasteiger partial charge in [0.05, 0.1) is 0 Å². The summed E-state index contributed by atoms with van der Waals surface area (Å²) in [7, 11) is 0. The van der Waals surface area contributed by atoms with Crippen LogP contribution in [0.25, 0.3) is 0 Å². The van der Waals surface area contributed by atoms with Gasteiger partial charge in [0.25, 0.3) is 0 Å². The summed E-state index contributed by atoms with van der Waals surface area (Å²) >= 11 is 0. The van der Waals surface area contributed by atoms with Gasteiger partial charge in [-0.15, -0.1) is 6.58 Å². The first kappa shape index (κ1) is 15.2. The summed E-state index contributed by atoms with van der Waals surface area (Å²) in [6, 6.07) is 2.23. The molecular weight excluding hydrogens is 272 g/mol. The zero-order valence-corrected chi connectivity index (χ0v) is 13.8. The Bertz CT molecular complexity index is 412. The van der Waals surface area contributed by atoms with Crippen LogP contribution in [0.1, 0.15) is 44.9 Å². The monoisotopic (exact) mass is 304 g/mol. The Morgan fingerprint density at radius 3 is 2.77 bits per heavy atom. The molecule has 3 aliphatic heterocycles. The van der Waals surface area contributed by atoms with E-state index in [0.29, 0.717) is 23.9 Å². The van der Waals surface area contributed by atoms with E-state index >= 15 is 0 Å². The smallest absolute Gasteiger partial charge is 0.0496 e. The molecule has 7 atom stereocenters. The zero-order chi connectivity index (χ0) is 15.1. The number of rotatable bonds is 3. The number of hydrogen-bond acceptors (Lipinski definition) is 3. The van der Waals surface area contributed by atoms with Crippen LogP contribution >= 0.6 is 0 Å². The second kappa shape index (κ2) is 6.26. The maximum Gasteiger partial charge on any atom is 0.0496 e. The highest BCUT2D eigenvalue weighted by molar-refractivity contribution is 5.08. The Morgan fingerprint density at radius 1 is 1.14 bits per heavy atom. The first-order valence-corrected chi connectivity index (χ1v) is 9.55. The van der Waals surface area contributed by atoms with Crippen LogP contribution in [0.4, 0.5) is 0 Å². The van der Waals surface area contributed by atoms with Crippen LogP contribution in [0.15, 0.2) is 12.7 Å². The molecule has 5 unspecified atom stereocenters. The minimum atomic E-state index is 0.271. The standard InChI is InChI=1S/C19H32N2O/c1-2-13(12-22)14-7-9-21-10-8-16-15-5-3-4-6-17(15)20-19(16)18(21)11-14/h2,13-20,22H,1,3-12H2/t13-,14-,15?,16?,17?,18?,19?/m0/s1. The Kier molecular flexibility index (Phi) is 4.31. The van der Waals surface area contributed by atoms with Crippen molar-refractivity contribution in [2.75, 3.05) is 19.7 Å². The van der Waals surface area contributed by atoms with E-state index < -0.39 is 0 Å². The summed E-state index contributed by atoms with van der Waals surface area (Å²) in [5.74, 6) is 2.80. The molecule has 3 nitrogen and oxygen atoms in total. The summed E-state index contributed by atoms with van der Waals surface area (Å²) < 4.78 is 0. The van der Waals surface area contributed by atoms with E-state index in [1.165, 1.54) is 58.0 Å². The minimum Gasteiger partial charge on any atom is -0.396 e. The molecule has 0 bridgehead atoms. The van der Waals surface area contributed by atoms with Gasteiger partial charge in [-0.2, -0.15) is 0 Å². The van der Waals surface area contributed by atoms with Gasteiger partial charge in [-0.25, -0.2) is 0 Å².